The Bertz CT molecular complexity index is 581. The molecule has 1 amide bonds. The Balaban J connectivity index is 2.03. The second kappa shape index (κ2) is 5.85. The molecule has 0 saturated heterocycles. The number of hydrogen-bond donors (Lipinski definition) is 2. The Hall–Kier alpha value is -2.58. The first-order valence-electron chi connectivity index (χ1n) is 5.80. The van der Waals surface area contributed by atoms with Crippen LogP contribution in [0, 0.1) is 12.3 Å². The molecule has 96 valence electrons. The molecule has 1 unspecified atom stereocenters. The highest BCUT2D eigenvalue weighted by Gasteiger charge is 2.11. The van der Waals surface area contributed by atoms with Crippen molar-refractivity contribution in [2.24, 2.45) is 5.73 Å². The third kappa shape index (κ3) is 3.21. The minimum absolute atomic E-state index is 0.219. The fourth-order valence-corrected chi connectivity index (χ4v) is 1.57. The summed E-state index contributed by atoms with van der Waals surface area (Å²) < 4.78 is 1.73. The van der Waals surface area contributed by atoms with E-state index in [2.05, 4.69) is 16.3 Å². The van der Waals surface area contributed by atoms with E-state index in [9.17, 15) is 4.79 Å². The van der Waals surface area contributed by atoms with Crippen molar-refractivity contribution in [2.45, 2.75) is 12.5 Å². The predicted octanol–water partition coefficient (Wildman–Crippen LogP) is 1.16. The molecule has 2 rings (SSSR count). The van der Waals surface area contributed by atoms with Crippen molar-refractivity contribution in [3.8, 4) is 18.0 Å². The van der Waals surface area contributed by atoms with Crippen LogP contribution in [0.2, 0.25) is 0 Å². The minimum atomic E-state index is -0.684. The van der Waals surface area contributed by atoms with Gasteiger partial charge in [-0.2, -0.15) is 5.10 Å². The lowest BCUT2D eigenvalue weighted by Gasteiger charge is -2.10. The van der Waals surface area contributed by atoms with Crippen molar-refractivity contribution in [1.29, 1.82) is 0 Å². The zero-order chi connectivity index (χ0) is 13.7. The van der Waals surface area contributed by atoms with E-state index < -0.39 is 6.04 Å². The van der Waals surface area contributed by atoms with Crippen LogP contribution in [0.15, 0.2) is 42.7 Å². The van der Waals surface area contributed by atoms with Crippen LogP contribution >= 0.6 is 0 Å². The molecule has 0 radical (unpaired) electrons. The molecule has 0 aliphatic heterocycles. The maximum absolute atomic E-state index is 11.7. The first-order chi connectivity index (χ1) is 9.20. The molecular weight excluding hydrogens is 240 g/mol. The van der Waals surface area contributed by atoms with Gasteiger partial charge in [0.05, 0.1) is 11.7 Å². The predicted molar refractivity (Wildman–Crippen MR) is 73.6 cm³/mol. The molecule has 0 saturated carbocycles. The number of amides is 1. The number of hydrogen-bond acceptors (Lipinski definition) is 3. The molecule has 19 heavy (non-hydrogen) atoms. The first kappa shape index (κ1) is 12.9. The van der Waals surface area contributed by atoms with Gasteiger partial charge in [0.1, 0.15) is 0 Å². The van der Waals surface area contributed by atoms with E-state index in [4.69, 9.17) is 12.2 Å². The van der Waals surface area contributed by atoms with E-state index >= 15 is 0 Å². The smallest absolute Gasteiger partial charge is 0.242 e. The van der Waals surface area contributed by atoms with Crippen LogP contribution in [0.5, 0.6) is 0 Å². The highest BCUT2D eigenvalue weighted by Crippen LogP contribution is 2.12. The SMILES string of the molecule is C#CCC(N)C(=O)Nc1ccc(-n2cccn2)cc1. The molecule has 1 atom stereocenters. The fourth-order valence-electron chi connectivity index (χ4n) is 1.57. The summed E-state index contributed by atoms with van der Waals surface area (Å²) in [4.78, 5) is 11.7. The average Bonchev–Trinajstić information content (AvgIpc) is 2.94. The van der Waals surface area contributed by atoms with Gasteiger partial charge in [0.2, 0.25) is 5.91 Å². The monoisotopic (exact) mass is 254 g/mol. The number of nitrogens with zero attached hydrogens (tertiary/aromatic N) is 2. The summed E-state index contributed by atoms with van der Waals surface area (Å²) in [6.45, 7) is 0. The van der Waals surface area contributed by atoms with E-state index in [0.717, 1.165) is 5.69 Å². The molecule has 0 bridgehead atoms. The Morgan fingerprint density at radius 2 is 2.21 bits per heavy atom. The molecule has 0 aliphatic rings. The molecule has 1 aromatic heterocycles. The molecule has 5 heteroatoms. The molecule has 2 aromatic rings. The van der Waals surface area contributed by atoms with E-state index in [0.29, 0.717) is 5.69 Å². The van der Waals surface area contributed by atoms with Gasteiger partial charge in [-0.15, -0.1) is 12.3 Å². The summed E-state index contributed by atoms with van der Waals surface area (Å²) in [5, 5.41) is 6.83. The quantitative estimate of drug-likeness (QED) is 0.804. The lowest BCUT2D eigenvalue weighted by molar-refractivity contribution is -0.117. The Kier molecular flexibility index (Phi) is 3.96. The van der Waals surface area contributed by atoms with Crippen LogP contribution < -0.4 is 11.1 Å². The lowest BCUT2D eigenvalue weighted by atomic mass is 10.2. The van der Waals surface area contributed by atoms with E-state index in [1.165, 1.54) is 0 Å². The van der Waals surface area contributed by atoms with Crippen molar-refractivity contribution in [3.05, 3.63) is 42.7 Å². The van der Waals surface area contributed by atoms with Crippen LogP contribution in [0.4, 0.5) is 5.69 Å². The standard InChI is InChI=1S/C14H14N4O/c1-2-4-13(15)14(19)17-11-5-7-12(8-6-11)18-10-3-9-16-18/h1,3,5-10,13H,4,15H2,(H,17,19). The lowest BCUT2D eigenvalue weighted by Crippen LogP contribution is -2.35. The number of nitrogens with two attached hydrogens (primary N) is 1. The summed E-state index contributed by atoms with van der Waals surface area (Å²) in [6.07, 6.45) is 8.88. The van der Waals surface area contributed by atoms with Crippen molar-refractivity contribution in [1.82, 2.24) is 9.78 Å². The molecule has 3 N–H and O–H groups in total. The maximum Gasteiger partial charge on any atom is 0.242 e. The molecule has 0 spiro atoms. The summed E-state index contributed by atoms with van der Waals surface area (Å²) in [5.41, 5.74) is 7.20. The Labute approximate surface area is 111 Å². The van der Waals surface area contributed by atoms with Gasteiger partial charge in [0.25, 0.3) is 0 Å². The first-order valence-corrected chi connectivity index (χ1v) is 5.80. The summed E-state index contributed by atoms with van der Waals surface area (Å²) >= 11 is 0. The maximum atomic E-state index is 11.7. The molecule has 0 aliphatic carbocycles. The zero-order valence-electron chi connectivity index (χ0n) is 10.3. The second-order valence-electron chi connectivity index (χ2n) is 4.00. The van der Waals surface area contributed by atoms with Crippen LogP contribution in [-0.2, 0) is 4.79 Å². The van der Waals surface area contributed by atoms with E-state index in [1.54, 1.807) is 23.0 Å². The van der Waals surface area contributed by atoms with Crippen LogP contribution in [0.1, 0.15) is 6.42 Å². The Morgan fingerprint density at radius 3 is 2.79 bits per heavy atom. The van der Waals surface area contributed by atoms with Gasteiger partial charge >= 0.3 is 0 Å². The van der Waals surface area contributed by atoms with Crippen molar-refractivity contribution >= 4 is 11.6 Å². The van der Waals surface area contributed by atoms with Gasteiger partial charge in [-0.3, -0.25) is 4.79 Å². The highest BCUT2D eigenvalue weighted by molar-refractivity contribution is 5.94. The summed E-state index contributed by atoms with van der Waals surface area (Å²) in [5.74, 6) is 2.08. The molecular formula is C14H14N4O. The summed E-state index contributed by atoms with van der Waals surface area (Å²) in [7, 11) is 0. The molecule has 5 nitrogen and oxygen atoms in total. The third-order valence-electron chi connectivity index (χ3n) is 2.58. The topological polar surface area (TPSA) is 72.9 Å². The van der Waals surface area contributed by atoms with Gasteiger partial charge in [-0.05, 0) is 30.3 Å². The largest absolute Gasteiger partial charge is 0.325 e. The van der Waals surface area contributed by atoms with Crippen molar-refractivity contribution in [2.75, 3.05) is 5.32 Å². The number of anilines is 1. The number of rotatable bonds is 4. The van der Waals surface area contributed by atoms with E-state index in [1.807, 2.05) is 24.4 Å². The zero-order valence-corrected chi connectivity index (χ0v) is 10.3. The highest BCUT2D eigenvalue weighted by atomic mass is 16.2. The van der Waals surface area contributed by atoms with Crippen molar-refractivity contribution in [3.63, 3.8) is 0 Å². The van der Waals surface area contributed by atoms with E-state index in [-0.39, 0.29) is 12.3 Å². The van der Waals surface area contributed by atoms with Gasteiger partial charge in [-0.1, -0.05) is 0 Å². The Morgan fingerprint density at radius 1 is 1.47 bits per heavy atom. The number of carbonyl (C=O) groups is 1. The summed E-state index contributed by atoms with van der Waals surface area (Å²) in [6, 6.07) is 8.45. The van der Waals surface area contributed by atoms with Crippen LogP contribution in [0.25, 0.3) is 5.69 Å². The molecule has 0 fully saturated rings. The van der Waals surface area contributed by atoms with Crippen LogP contribution in [-0.4, -0.2) is 21.7 Å². The minimum Gasteiger partial charge on any atom is -0.325 e. The van der Waals surface area contributed by atoms with Gasteiger partial charge in [0, 0.05) is 24.5 Å². The van der Waals surface area contributed by atoms with Gasteiger partial charge in [-0.25, -0.2) is 4.68 Å². The number of carbonyl (C=O) groups excluding carboxylic acids is 1. The van der Waals surface area contributed by atoms with Gasteiger partial charge < -0.3 is 11.1 Å². The van der Waals surface area contributed by atoms with Crippen LogP contribution in [0.3, 0.4) is 0 Å². The van der Waals surface area contributed by atoms with Gasteiger partial charge in [0.15, 0.2) is 0 Å². The fraction of sp³-hybridized carbons (Fsp3) is 0.143. The second-order valence-corrected chi connectivity index (χ2v) is 4.00. The third-order valence-corrected chi connectivity index (χ3v) is 2.58. The number of nitrogens with one attached hydrogen (secondary N) is 1. The number of benzene rings is 1. The number of terminal acetylenes is 1. The normalized spacial score (nSPS) is 11.6. The molecule has 1 heterocycles. The molecule has 1 aromatic carbocycles. The number of aromatic nitrogens is 2. The average molecular weight is 254 g/mol. The van der Waals surface area contributed by atoms with Crippen molar-refractivity contribution < 1.29 is 4.79 Å².